The van der Waals surface area contributed by atoms with Gasteiger partial charge in [-0.1, -0.05) is 6.07 Å². The number of halogens is 1. The zero-order valence-corrected chi connectivity index (χ0v) is 23.4. The Hall–Kier alpha value is -3.56. The molecule has 0 spiro atoms. The van der Waals surface area contributed by atoms with Crippen molar-refractivity contribution in [3.63, 3.8) is 0 Å². The van der Waals surface area contributed by atoms with Crippen molar-refractivity contribution in [3.05, 3.63) is 69.9 Å². The predicted octanol–water partition coefficient (Wildman–Crippen LogP) is 3.35. The van der Waals surface area contributed by atoms with E-state index in [0.717, 1.165) is 6.07 Å². The summed E-state index contributed by atoms with van der Waals surface area (Å²) in [4.78, 5) is 46.7. The molecule has 0 radical (unpaired) electrons. The number of nitrogens with two attached hydrogens (primary N) is 1. The number of ether oxygens (including phenoxy) is 1. The third-order valence-corrected chi connectivity index (χ3v) is 8.40. The minimum absolute atomic E-state index is 0.0639. The molecule has 1 atom stereocenters. The number of alkyl halides is 1. The standard InChI is InChI=1S/C24H22ClN4O10PS/c25-11-14-12-28(22-10-21(29(31)32)18-9-16(41(26,36)37)2-3-17(18)23(14)22)24(30)20-8-13-7-15(1-4-19(13)27-20)38-5-6-39-40(33,34)35/h1-4,7-10,14,27H,5-6,11-12H2,(H2,26,36,37)(H2,33,34,35). The van der Waals surface area contributed by atoms with Crippen molar-refractivity contribution in [2.45, 2.75) is 10.8 Å². The number of nitrogens with zero attached hydrogens (tertiary/aromatic N) is 2. The highest BCUT2D eigenvalue weighted by atomic mass is 35.5. The van der Waals surface area contributed by atoms with Crippen LogP contribution in [0.4, 0.5) is 11.4 Å². The summed E-state index contributed by atoms with van der Waals surface area (Å²) in [6.45, 7) is -0.323. The fourth-order valence-electron chi connectivity index (χ4n) is 4.88. The van der Waals surface area contributed by atoms with Gasteiger partial charge >= 0.3 is 7.82 Å². The van der Waals surface area contributed by atoms with Gasteiger partial charge in [-0.25, -0.2) is 18.1 Å². The zero-order chi connectivity index (χ0) is 29.7. The number of benzene rings is 3. The number of phosphoric acid groups is 1. The Kier molecular flexibility index (Phi) is 7.55. The van der Waals surface area contributed by atoms with Gasteiger partial charge in [0.15, 0.2) is 0 Å². The van der Waals surface area contributed by atoms with Crippen LogP contribution >= 0.6 is 19.4 Å². The monoisotopic (exact) mass is 624 g/mol. The highest BCUT2D eigenvalue weighted by Crippen LogP contribution is 2.46. The van der Waals surface area contributed by atoms with E-state index in [1.165, 1.54) is 23.1 Å². The van der Waals surface area contributed by atoms with Crippen molar-refractivity contribution in [2.24, 2.45) is 5.14 Å². The van der Waals surface area contributed by atoms with Crippen LogP contribution in [0.1, 0.15) is 22.0 Å². The summed E-state index contributed by atoms with van der Waals surface area (Å²) in [5.74, 6) is -0.388. The summed E-state index contributed by atoms with van der Waals surface area (Å²) in [5, 5.41) is 18.3. The van der Waals surface area contributed by atoms with E-state index in [2.05, 4.69) is 9.51 Å². The van der Waals surface area contributed by atoms with Crippen LogP contribution in [-0.2, 0) is 19.1 Å². The summed E-state index contributed by atoms with van der Waals surface area (Å²) in [7, 11) is -8.73. The van der Waals surface area contributed by atoms with Crippen LogP contribution in [0.2, 0.25) is 0 Å². The number of rotatable bonds is 9. The number of carbonyl (C=O) groups excluding carboxylic acids is 1. The minimum atomic E-state index is -4.61. The Morgan fingerprint density at radius 1 is 1.17 bits per heavy atom. The van der Waals surface area contributed by atoms with E-state index in [4.69, 9.17) is 31.3 Å². The van der Waals surface area contributed by atoms with E-state index >= 15 is 0 Å². The number of nitro groups is 1. The summed E-state index contributed by atoms with van der Waals surface area (Å²) >= 11 is 6.26. The van der Waals surface area contributed by atoms with Gasteiger partial charge < -0.3 is 24.4 Å². The quantitative estimate of drug-likeness (QED) is 0.0700. The minimum Gasteiger partial charge on any atom is -0.491 e. The third kappa shape index (κ3) is 5.78. The van der Waals surface area contributed by atoms with Gasteiger partial charge in [-0.05, 0) is 47.3 Å². The van der Waals surface area contributed by atoms with Gasteiger partial charge in [-0.2, -0.15) is 0 Å². The number of H-pyrrole nitrogens is 1. The van der Waals surface area contributed by atoms with Gasteiger partial charge in [0.05, 0.1) is 27.5 Å². The van der Waals surface area contributed by atoms with Gasteiger partial charge in [-0.15, -0.1) is 11.6 Å². The molecule has 1 amide bonds. The fraction of sp³-hybridized carbons (Fsp3) is 0.208. The number of anilines is 1. The van der Waals surface area contributed by atoms with E-state index in [0.29, 0.717) is 27.6 Å². The molecule has 0 saturated heterocycles. The molecule has 3 aromatic carbocycles. The van der Waals surface area contributed by atoms with Gasteiger partial charge in [0.2, 0.25) is 10.0 Å². The lowest BCUT2D eigenvalue weighted by atomic mass is 9.95. The molecule has 5 N–H and O–H groups in total. The largest absolute Gasteiger partial charge is 0.491 e. The molecule has 17 heteroatoms. The van der Waals surface area contributed by atoms with Crippen molar-refractivity contribution >= 4 is 68.4 Å². The van der Waals surface area contributed by atoms with E-state index in [-0.39, 0.29) is 53.2 Å². The number of primary sulfonamides is 1. The number of nitro benzene ring substituents is 1. The number of aromatic nitrogens is 1. The number of sulfonamides is 1. The molecule has 0 fully saturated rings. The van der Waals surface area contributed by atoms with Crippen molar-refractivity contribution < 1.29 is 41.7 Å². The van der Waals surface area contributed by atoms with Crippen LogP contribution < -0.4 is 14.8 Å². The molecule has 1 aliphatic heterocycles. The highest BCUT2D eigenvalue weighted by molar-refractivity contribution is 7.89. The second-order valence-corrected chi connectivity index (χ2v) is 12.3. The molecular weight excluding hydrogens is 603 g/mol. The van der Waals surface area contributed by atoms with Gasteiger partial charge in [0.1, 0.15) is 18.1 Å². The highest BCUT2D eigenvalue weighted by Gasteiger charge is 2.37. The molecule has 2 heterocycles. The number of carbonyl (C=O) groups is 1. The first-order valence-electron chi connectivity index (χ1n) is 11.9. The summed E-state index contributed by atoms with van der Waals surface area (Å²) < 4.78 is 44.4. The molecular formula is C24H22ClN4O10PS. The summed E-state index contributed by atoms with van der Waals surface area (Å²) in [5.41, 5.74) is 1.27. The molecule has 216 valence electrons. The smallest absolute Gasteiger partial charge is 0.469 e. The summed E-state index contributed by atoms with van der Waals surface area (Å²) in [6, 6.07) is 11.5. The second-order valence-electron chi connectivity index (χ2n) is 9.21. The van der Waals surface area contributed by atoms with Crippen molar-refractivity contribution in [1.29, 1.82) is 0 Å². The zero-order valence-electron chi connectivity index (χ0n) is 20.9. The molecule has 1 aliphatic rings. The average Bonchev–Trinajstić information content (AvgIpc) is 3.50. The molecule has 4 aromatic rings. The van der Waals surface area contributed by atoms with Gasteiger partial charge in [0.25, 0.3) is 11.6 Å². The molecule has 0 saturated carbocycles. The molecule has 0 aliphatic carbocycles. The van der Waals surface area contributed by atoms with Crippen LogP contribution in [0.5, 0.6) is 5.75 Å². The maximum absolute atomic E-state index is 13.7. The van der Waals surface area contributed by atoms with Crippen LogP contribution in [0.25, 0.3) is 21.7 Å². The van der Waals surface area contributed by atoms with Crippen LogP contribution in [-0.4, -0.2) is 59.7 Å². The third-order valence-electron chi connectivity index (χ3n) is 6.60. The number of phosphoric ester groups is 1. The van der Waals surface area contributed by atoms with Crippen molar-refractivity contribution in [1.82, 2.24) is 4.98 Å². The first kappa shape index (κ1) is 29.0. The normalized spacial score (nSPS) is 15.4. The van der Waals surface area contributed by atoms with E-state index in [1.807, 2.05) is 0 Å². The van der Waals surface area contributed by atoms with Crippen molar-refractivity contribution in [3.8, 4) is 5.75 Å². The second kappa shape index (κ2) is 10.7. The number of fused-ring (bicyclic) bond motifs is 4. The Labute approximate surface area is 237 Å². The molecule has 1 aromatic heterocycles. The Morgan fingerprint density at radius 3 is 2.59 bits per heavy atom. The van der Waals surface area contributed by atoms with E-state index in [9.17, 15) is 27.9 Å². The molecule has 41 heavy (non-hydrogen) atoms. The number of nitrogens with one attached hydrogen (secondary N) is 1. The Balaban J connectivity index is 1.50. The number of hydrogen-bond donors (Lipinski definition) is 4. The Morgan fingerprint density at radius 2 is 1.93 bits per heavy atom. The maximum atomic E-state index is 13.7. The number of amides is 1. The summed E-state index contributed by atoms with van der Waals surface area (Å²) in [6.07, 6.45) is 0. The topological polar surface area (TPSA) is 215 Å². The van der Waals surface area contributed by atoms with Crippen LogP contribution in [0.3, 0.4) is 0 Å². The fourth-order valence-corrected chi connectivity index (χ4v) is 5.98. The van der Waals surface area contributed by atoms with E-state index in [1.54, 1.807) is 24.3 Å². The predicted molar refractivity (Wildman–Crippen MR) is 149 cm³/mol. The lowest BCUT2D eigenvalue weighted by molar-refractivity contribution is -0.383. The van der Waals surface area contributed by atoms with Crippen molar-refractivity contribution in [2.75, 3.05) is 30.5 Å². The van der Waals surface area contributed by atoms with E-state index < -0.39 is 34.4 Å². The number of non-ortho nitro benzene ring substituents is 1. The maximum Gasteiger partial charge on any atom is 0.469 e. The molecule has 5 rings (SSSR count). The first-order chi connectivity index (χ1) is 19.3. The van der Waals surface area contributed by atoms with Gasteiger partial charge in [0, 0.05) is 35.3 Å². The lowest BCUT2D eigenvalue weighted by Gasteiger charge is -2.17. The molecule has 0 bridgehead atoms. The van der Waals surface area contributed by atoms with Crippen LogP contribution in [0.15, 0.2) is 53.4 Å². The first-order valence-corrected chi connectivity index (χ1v) is 15.5. The van der Waals surface area contributed by atoms with Gasteiger partial charge in [-0.3, -0.25) is 19.4 Å². The lowest BCUT2D eigenvalue weighted by Crippen LogP contribution is -2.30. The Bertz CT molecular complexity index is 1870. The van der Waals surface area contributed by atoms with Crippen LogP contribution in [0, 0.1) is 10.1 Å². The number of aromatic amines is 1. The average molecular weight is 625 g/mol. The molecule has 14 nitrogen and oxygen atoms in total. The number of hydrogen-bond acceptors (Lipinski definition) is 8. The molecule has 1 unspecified atom stereocenters. The SMILES string of the molecule is NS(=O)(=O)c1ccc2c3c(cc([N+](=O)[O-])c2c1)N(C(=O)c1cc2cc(OCCOP(=O)(O)O)ccc2[nH]1)CC3CCl.